The number of aryl methyl sites for hydroxylation is 2. The van der Waals surface area contributed by atoms with Crippen molar-refractivity contribution in [2.45, 2.75) is 19.3 Å². The lowest BCUT2D eigenvalue weighted by atomic mass is 9.89. The van der Waals surface area contributed by atoms with Crippen LogP contribution in [0.4, 0.5) is 0 Å². The van der Waals surface area contributed by atoms with Crippen LogP contribution in [0.3, 0.4) is 0 Å². The topological polar surface area (TPSA) is 68.1 Å². The van der Waals surface area contributed by atoms with Gasteiger partial charge >= 0.3 is 0 Å². The molecule has 0 atom stereocenters. The van der Waals surface area contributed by atoms with Gasteiger partial charge < -0.3 is 4.90 Å². The van der Waals surface area contributed by atoms with Gasteiger partial charge in [-0.25, -0.2) is 4.98 Å². The lowest BCUT2D eigenvalue weighted by Crippen LogP contribution is -2.48. The van der Waals surface area contributed by atoms with Crippen molar-refractivity contribution in [3.63, 3.8) is 0 Å². The van der Waals surface area contributed by atoms with Crippen LogP contribution >= 0.6 is 11.6 Å². The van der Waals surface area contributed by atoms with Gasteiger partial charge in [0.2, 0.25) is 0 Å². The summed E-state index contributed by atoms with van der Waals surface area (Å²) in [4.78, 5) is 31.6. The summed E-state index contributed by atoms with van der Waals surface area (Å²) in [5.74, 6) is 0.265. The summed E-state index contributed by atoms with van der Waals surface area (Å²) in [5.41, 5.74) is 6.39. The maximum Gasteiger partial charge on any atom is 0.253 e. The van der Waals surface area contributed by atoms with Gasteiger partial charge in [0, 0.05) is 61.6 Å². The molecule has 0 saturated carbocycles. The standard InChI is InChI=1S/C28H25ClN4O2/c1-18-3-4-21(11-23(18)12-26(34)22-9-10-27(29)30-13-22)28(35)33-16-25(17-33)20-7-5-19(6-8-20)24-14-31-32(2)15-24/h3-11,13-15,25H,12,16-17H2,1-2H3. The number of carbonyl (C=O) groups excluding carboxylic acids is 2. The van der Waals surface area contributed by atoms with Crippen LogP contribution in [0.5, 0.6) is 0 Å². The van der Waals surface area contributed by atoms with E-state index in [-0.39, 0.29) is 18.1 Å². The van der Waals surface area contributed by atoms with E-state index in [2.05, 4.69) is 34.3 Å². The quantitative estimate of drug-likeness (QED) is 0.282. The molecule has 0 radical (unpaired) electrons. The van der Waals surface area contributed by atoms with Crippen molar-refractivity contribution in [1.82, 2.24) is 19.7 Å². The number of carbonyl (C=O) groups is 2. The molecule has 0 spiro atoms. The second-order valence-corrected chi connectivity index (χ2v) is 9.43. The number of pyridine rings is 1. The second kappa shape index (κ2) is 9.47. The van der Waals surface area contributed by atoms with E-state index in [9.17, 15) is 9.59 Å². The number of nitrogens with zero attached hydrogens (tertiary/aromatic N) is 4. The Morgan fingerprint density at radius 1 is 0.971 bits per heavy atom. The van der Waals surface area contributed by atoms with Gasteiger partial charge in [0.25, 0.3) is 5.91 Å². The monoisotopic (exact) mass is 484 g/mol. The molecule has 1 amide bonds. The first-order valence-electron chi connectivity index (χ1n) is 11.5. The molecule has 1 aliphatic heterocycles. The average molecular weight is 485 g/mol. The van der Waals surface area contributed by atoms with Crippen LogP contribution in [0.2, 0.25) is 5.15 Å². The summed E-state index contributed by atoms with van der Waals surface area (Å²) < 4.78 is 1.79. The highest BCUT2D eigenvalue weighted by molar-refractivity contribution is 6.29. The van der Waals surface area contributed by atoms with Gasteiger partial charge in [-0.1, -0.05) is 41.9 Å². The highest BCUT2D eigenvalue weighted by Crippen LogP contribution is 2.30. The van der Waals surface area contributed by atoms with Gasteiger partial charge in [-0.2, -0.15) is 5.10 Å². The highest BCUT2D eigenvalue weighted by Gasteiger charge is 2.32. The summed E-state index contributed by atoms with van der Waals surface area (Å²) in [5, 5.41) is 4.58. The van der Waals surface area contributed by atoms with Crippen LogP contribution in [0.15, 0.2) is 73.2 Å². The minimum Gasteiger partial charge on any atom is -0.337 e. The Labute approximate surface area is 209 Å². The molecule has 1 aliphatic rings. The largest absolute Gasteiger partial charge is 0.337 e. The normalized spacial score (nSPS) is 13.5. The fourth-order valence-electron chi connectivity index (χ4n) is 4.37. The molecular weight excluding hydrogens is 460 g/mol. The summed E-state index contributed by atoms with van der Waals surface area (Å²) in [6, 6.07) is 17.4. The molecule has 176 valence electrons. The zero-order chi connectivity index (χ0) is 24.5. The molecule has 6 nitrogen and oxygen atoms in total. The lowest BCUT2D eigenvalue weighted by molar-refractivity contribution is 0.0602. The molecule has 2 aromatic heterocycles. The number of halogens is 1. The molecule has 1 saturated heterocycles. The fourth-order valence-corrected chi connectivity index (χ4v) is 4.48. The minimum atomic E-state index is -0.0550. The van der Waals surface area contributed by atoms with Crippen molar-refractivity contribution in [2.24, 2.45) is 7.05 Å². The first-order valence-corrected chi connectivity index (χ1v) is 11.9. The zero-order valence-electron chi connectivity index (χ0n) is 19.6. The van der Waals surface area contributed by atoms with E-state index < -0.39 is 0 Å². The number of benzene rings is 2. The van der Waals surface area contributed by atoms with Crippen molar-refractivity contribution in [3.05, 3.63) is 106 Å². The van der Waals surface area contributed by atoms with E-state index in [1.165, 1.54) is 11.8 Å². The smallest absolute Gasteiger partial charge is 0.253 e. The predicted molar refractivity (Wildman–Crippen MR) is 136 cm³/mol. The Balaban J connectivity index is 1.23. The second-order valence-electron chi connectivity index (χ2n) is 9.04. The Morgan fingerprint density at radius 3 is 2.37 bits per heavy atom. The minimum absolute atomic E-state index is 0.00455. The SMILES string of the molecule is Cc1ccc(C(=O)N2CC(c3ccc(-c4cnn(C)c4)cc3)C2)cc1CC(=O)c1ccc(Cl)nc1. The summed E-state index contributed by atoms with van der Waals surface area (Å²) >= 11 is 5.82. The molecule has 0 bridgehead atoms. The molecule has 4 aromatic rings. The van der Waals surface area contributed by atoms with Crippen LogP contribution in [0.25, 0.3) is 11.1 Å². The number of rotatable bonds is 6. The van der Waals surface area contributed by atoms with Gasteiger partial charge in [0.1, 0.15) is 5.15 Å². The molecule has 35 heavy (non-hydrogen) atoms. The number of aromatic nitrogens is 3. The van der Waals surface area contributed by atoms with E-state index >= 15 is 0 Å². The number of hydrogen-bond donors (Lipinski definition) is 0. The van der Waals surface area contributed by atoms with E-state index in [0.717, 1.165) is 22.3 Å². The molecule has 3 heterocycles. The molecule has 1 fully saturated rings. The van der Waals surface area contributed by atoms with Gasteiger partial charge in [-0.15, -0.1) is 0 Å². The fraction of sp³-hybridized carbons (Fsp3) is 0.214. The summed E-state index contributed by atoms with van der Waals surface area (Å²) in [7, 11) is 1.91. The summed E-state index contributed by atoms with van der Waals surface area (Å²) in [6.07, 6.45) is 5.55. The predicted octanol–water partition coefficient (Wildman–Crippen LogP) is 5.11. The van der Waals surface area contributed by atoms with Gasteiger partial charge in [-0.05, 0) is 53.4 Å². The van der Waals surface area contributed by atoms with Crippen molar-refractivity contribution in [2.75, 3.05) is 13.1 Å². The van der Waals surface area contributed by atoms with Crippen LogP contribution < -0.4 is 0 Å². The number of likely N-dealkylation sites (tertiary alicyclic amines) is 1. The van der Waals surface area contributed by atoms with E-state index in [4.69, 9.17) is 11.6 Å². The molecule has 0 N–H and O–H groups in total. The van der Waals surface area contributed by atoms with Crippen LogP contribution in [0, 0.1) is 6.92 Å². The number of ketones is 1. The molecular formula is C28H25ClN4O2. The Bertz CT molecular complexity index is 1390. The first-order chi connectivity index (χ1) is 16.9. The van der Waals surface area contributed by atoms with Crippen molar-refractivity contribution in [1.29, 1.82) is 0 Å². The zero-order valence-corrected chi connectivity index (χ0v) is 20.4. The Hall–Kier alpha value is -3.77. The third kappa shape index (κ3) is 4.88. The van der Waals surface area contributed by atoms with Crippen LogP contribution in [-0.2, 0) is 13.5 Å². The first kappa shape index (κ1) is 23.0. The third-order valence-corrected chi connectivity index (χ3v) is 6.81. The summed E-state index contributed by atoms with van der Waals surface area (Å²) in [6.45, 7) is 3.32. The third-order valence-electron chi connectivity index (χ3n) is 6.59. The average Bonchev–Trinajstić information content (AvgIpc) is 3.26. The molecule has 5 rings (SSSR count). The highest BCUT2D eigenvalue weighted by atomic mass is 35.5. The van der Waals surface area contributed by atoms with Gasteiger partial charge in [0.05, 0.1) is 6.20 Å². The van der Waals surface area contributed by atoms with E-state index in [1.807, 2.05) is 49.5 Å². The number of Topliss-reactive ketones (excluding diaryl/α,β-unsaturated/α-hetero) is 1. The van der Waals surface area contributed by atoms with E-state index in [1.54, 1.807) is 16.8 Å². The van der Waals surface area contributed by atoms with Crippen molar-refractivity contribution >= 4 is 23.3 Å². The number of hydrogen-bond acceptors (Lipinski definition) is 4. The van der Waals surface area contributed by atoms with Crippen LogP contribution in [0.1, 0.15) is 43.3 Å². The van der Waals surface area contributed by atoms with E-state index in [0.29, 0.717) is 35.3 Å². The Kier molecular flexibility index (Phi) is 6.22. The molecule has 7 heteroatoms. The van der Waals surface area contributed by atoms with Crippen molar-refractivity contribution in [3.8, 4) is 11.1 Å². The molecule has 0 aliphatic carbocycles. The maximum atomic E-state index is 13.1. The number of amides is 1. The maximum absolute atomic E-state index is 13.1. The van der Waals surface area contributed by atoms with Crippen LogP contribution in [-0.4, -0.2) is 44.4 Å². The molecule has 2 aromatic carbocycles. The van der Waals surface area contributed by atoms with Crippen molar-refractivity contribution < 1.29 is 9.59 Å². The van der Waals surface area contributed by atoms with Gasteiger partial charge in [0.15, 0.2) is 5.78 Å². The Morgan fingerprint density at radius 2 is 1.71 bits per heavy atom. The van der Waals surface area contributed by atoms with Gasteiger partial charge in [-0.3, -0.25) is 14.3 Å². The molecule has 0 unspecified atom stereocenters. The lowest BCUT2D eigenvalue weighted by Gasteiger charge is -2.39.